The highest BCUT2D eigenvalue weighted by molar-refractivity contribution is 6.34. The molecule has 21 heavy (non-hydrogen) atoms. The van der Waals surface area contributed by atoms with Gasteiger partial charge in [-0.05, 0) is 24.8 Å². The number of hydrogen-bond acceptors (Lipinski definition) is 3. The van der Waals surface area contributed by atoms with Gasteiger partial charge in [-0.25, -0.2) is 0 Å². The molecule has 1 amide bonds. The molecule has 1 N–H and O–H groups in total. The second-order valence-corrected chi connectivity index (χ2v) is 5.52. The Hall–Kier alpha value is -1.33. The number of hydrogen-bond donors (Lipinski definition) is 1. The van der Waals surface area contributed by atoms with Crippen LogP contribution >= 0.6 is 23.2 Å². The first-order valence-electron chi connectivity index (χ1n) is 6.78. The molecule has 0 bridgehead atoms. The highest BCUT2D eigenvalue weighted by Crippen LogP contribution is 2.26. The Balaban J connectivity index is 2.82. The number of nitro benzene ring substituents is 1. The number of benzene rings is 1. The molecule has 7 heteroatoms. The summed E-state index contributed by atoms with van der Waals surface area (Å²) >= 11 is 11.7. The average molecular weight is 333 g/mol. The molecule has 116 valence electrons. The molecule has 0 aliphatic heterocycles. The summed E-state index contributed by atoms with van der Waals surface area (Å²) in [4.78, 5) is 22.5. The molecule has 0 fully saturated rings. The molecule has 5 nitrogen and oxygen atoms in total. The maximum Gasteiger partial charge on any atom is 0.283 e. The Morgan fingerprint density at radius 1 is 1.43 bits per heavy atom. The molecule has 0 saturated heterocycles. The zero-order valence-electron chi connectivity index (χ0n) is 11.8. The van der Waals surface area contributed by atoms with Crippen molar-refractivity contribution in [1.29, 1.82) is 0 Å². The van der Waals surface area contributed by atoms with Crippen LogP contribution in [0.5, 0.6) is 0 Å². The van der Waals surface area contributed by atoms with Gasteiger partial charge in [0.2, 0.25) is 0 Å². The summed E-state index contributed by atoms with van der Waals surface area (Å²) in [7, 11) is 0. The van der Waals surface area contributed by atoms with E-state index in [9.17, 15) is 14.9 Å². The highest BCUT2D eigenvalue weighted by Gasteiger charge is 2.23. The van der Waals surface area contributed by atoms with Gasteiger partial charge in [-0.15, -0.1) is 11.6 Å². The fourth-order valence-electron chi connectivity index (χ4n) is 2.13. The molecule has 1 aromatic carbocycles. The summed E-state index contributed by atoms with van der Waals surface area (Å²) in [6.45, 7) is 2.49. The number of carbonyl (C=O) groups is 1. The predicted molar refractivity (Wildman–Crippen MR) is 84.2 cm³/mol. The smallest absolute Gasteiger partial charge is 0.283 e. The summed E-state index contributed by atoms with van der Waals surface area (Å²) < 4.78 is 0. The Morgan fingerprint density at radius 3 is 2.71 bits per heavy atom. The van der Waals surface area contributed by atoms with Gasteiger partial charge in [-0.2, -0.15) is 0 Å². The van der Waals surface area contributed by atoms with Crippen LogP contribution in [-0.4, -0.2) is 23.3 Å². The third-order valence-corrected chi connectivity index (χ3v) is 3.71. The lowest BCUT2D eigenvalue weighted by atomic mass is 10.0. The van der Waals surface area contributed by atoms with Crippen LogP contribution in [0.15, 0.2) is 18.2 Å². The number of rotatable bonds is 8. The number of nitrogens with zero attached hydrogens (tertiary/aromatic N) is 1. The van der Waals surface area contributed by atoms with E-state index in [1.807, 2.05) is 0 Å². The van der Waals surface area contributed by atoms with Crippen LogP contribution in [0.1, 0.15) is 36.5 Å². The average Bonchev–Trinajstić information content (AvgIpc) is 2.44. The third-order valence-electron chi connectivity index (χ3n) is 3.18. The van der Waals surface area contributed by atoms with Gasteiger partial charge < -0.3 is 5.32 Å². The zero-order chi connectivity index (χ0) is 15.8. The standard InChI is InChI=1S/C14H18Cl2N2O3/c1-2-4-10(7-8-15)9-17-14(19)13-11(16)5-3-6-12(13)18(20)21/h3,5-6,10H,2,4,7-9H2,1H3,(H,17,19). The Kier molecular flexibility index (Phi) is 7.47. The number of nitro groups is 1. The van der Waals surface area contributed by atoms with Gasteiger partial charge in [-0.3, -0.25) is 14.9 Å². The van der Waals surface area contributed by atoms with E-state index >= 15 is 0 Å². The summed E-state index contributed by atoms with van der Waals surface area (Å²) in [6.07, 6.45) is 2.72. The van der Waals surface area contributed by atoms with Crippen molar-refractivity contribution in [3.05, 3.63) is 38.9 Å². The number of amides is 1. The molecular weight excluding hydrogens is 315 g/mol. The van der Waals surface area contributed by atoms with E-state index in [4.69, 9.17) is 23.2 Å². The van der Waals surface area contributed by atoms with E-state index in [1.54, 1.807) is 0 Å². The maximum absolute atomic E-state index is 12.2. The fourth-order valence-corrected chi connectivity index (χ4v) is 2.69. The lowest BCUT2D eigenvalue weighted by molar-refractivity contribution is -0.385. The minimum Gasteiger partial charge on any atom is -0.351 e. The van der Waals surface area contributed by atoms with Gasteiger partial charge >= 0.3 is 0 Å². The second kappa shape index (κ2) is 8.85. The van der Waals surface area contributed by atoms with Gasteiger partial charge in [-0.1, -0.05) is 31.0 Å². The van der Waals surface area contributed by atoms with Crippen LogP contribution in [0.4, 0.5) is 5.69 Å². The first-order chi connectivity index (χ1) is 10.0. The predicted octanol–water partition coefficient (Wildman–Crippen LogP) is 4.02. The Bertz CT molecular complexity index is 503. The van der Waals surface area contributed by atoms with E-state index in [1.165, 1.54) is 18.2 Å². The number of alkyl halides is 1. The maximum atomic E-state index is 12.2. The molecule has 1 atom stereocenters. The van der Waals surface area contributed by atoms with Crippen LogP contribution in [0.2, 0.25) is 5.02 Å². The first-order valence-corrected chi connectivity index (χ1v) is 7.69. The van der Waals surface area contributed by atoms with Gasteiger partial charge in [0, 0.05) is 18.5 Å². The van der Waals surface area contributed by atoms with Gasteiger partial charge in [0.15, 0.2) is 0 Å². The summed E-state index contributed by atoms with van der Waals surface area (Å²) in [5.74, 6) is 0.258. The van der Waals surface area contributed by atoms with Gasteiger partial charge in [0.1, 0.15) is 5.56 Å². The molecular formula is C14H18Cl2N2O3. The molecule has 0 aliphatic rings. The molecule has 1 unspecified atom stereocenters. The molecule has 0 radical (unpaired) electrons. The van der Waals surface area contributed by atoms with E-state index in [0.717, 1.165) is 19.3 Å². The summed E-state index contributed by atoms with van der Waals surface area (Å²) in [6, 6.07) is 4.18. The van der Waals surface area contributed by atoms with Gasteiger partial charge in [0.25, 0.3) is 11.6 Å². The topological polar surface area (TPSA) is 72.2 Å². The molecule has 0 aromatic heterocycles. The quantitative estimate of drug-likeness (QED) is 0.444. The second-order valence-electron chi connectivity index (χ2n) is 4.73. The van der Waals surface area contributed by atoms with Crippen LogP contribution in [0.3, 0.4) is 0 Å². The van der Waals surface area contributed by atoms with Crippen LogP contribution in [-0.2, 0) is 0 Å². The number of nitrogens with one attached hydrogen (secondary N) is 1. The molecule has 1 rings (SSSR count). The van der Waals surface area contributed by atoms with Crippen LogP contribution in [0.25, 0.3) is 0 Å². The van der Waals surface area contributed by atoms with Crippen molar-refractivity contribution in [2.24, 2.45) is 5.92 Å². The summed E-state index contributed by atoms with van der Waals surface area (Å²) in [5, 5.41) is 13.8. The molecule has 0 spiro atoms. The lowest BCUT2D eigenvalue weighted by Crippen LogP contribution is -2.30. The Labute approximate surface area is 133 Å². The van der Waals surface area contributed by atoms with E-state index in [2.05, 4.69) is 12.2 Å². The van der Waals surface area contributed by atoms with E-state index in [0.29, 0.717) is 12.4 Å². The number of halogens is 2. The van der Waals surface area contributed by atoms with Crippen molar-refractivity contribution in [3.8, 4) is 0 Å². The van der Waals surface area contributed by atoms with Crippen molar-refractivity contribution in [3.63, 3.8) is 0 Å². The van der Waals surface area contributed by atoms with Crippen molar-refractivity contribution in [2.45, 2.75) is 26.2 Å². The van der Waals surface area contributed by atoms with Crippen molar-refractivity contribution >= 4 is 34.8 Å². The fraction of sp³-hybridized carbons (Fsp3) is 0.500. The largest absolute Gasteiger partial charge is 0.351 e. The SMILES string of the molecule is CCCC(CCCl)CNC(=O)c1c(Cl)cccc1[N+](=O)[O-]. The van der Waals surface area contributed by atoms with Crippen LogP contribution < -0.4 is 5.32 Å². The van der Waals surface area contributed by atoms with Crippen molar-refractivity contribution < 1.29 is 9.72 Å². The molecule has 0 saturated carbocycles. The van der Waals surface area contributed by atoms with Crippen LogP contribution in [0, 0.1) is 16.0 Å². The Morgan fingerprint density at radius 2 is 2.14 bits per heavy atom. The van der Waals surface area contributed by atoms with Gasteiger partial charge in [0.05, 0.1) is 9.95 Å². The van der Waals surface area contributed by atoms with E-state index in [-0.39, 0.29) is 22.2 Å². The molecule has 1 aromatic rings. The third kappa shape index (κ3) is 5.17. The normalized spacial score (nSPS) is 12.0. The number of carbonyl (C=O) groups excluding carboxylic acids is 1. The lowest BCUT2D eigenvalue weighted by Gasteiger charge is -2.15. The zero-order valence-corrected chi connectivity index (χ0v) is 13.3. The first kappa shape index (κ1) is 17.7. The van der Waals surface area contributed by atoms with E-state index < -0.39 is 10.8 Å². The van der Waals surface area contributed by atoms with Crippen molar-refractivity contribution in [2.75, 3.05) is 12.4 Å². The minimum atomic E-state index is -0.608. The molecule has 0 heterocycles. The monoisotopic (exact) mass is 332 g/mol. The summed E-state index contributed by atoms with van der Waals surface area (Å²) in [5.41, 5.74) is -0.380. The molecule has 0 aliphatic carbocycles. The highest BCUT2D eigenvalue weighted by atomic mass is 35.5. The minimum absolute atomic E-state index is 0.0751. The van der Waals surface area contributed by atoms with Crippen molar-refractivity contribution in [1.82, 2.24) is 5.32 Å².